The van der Waals surface area contributed by atoms with E-state index in [-0.39, 0.29) is 0 Å². The molecular weight excluding hydrogens is 238 g/mol. The molecule has 0 amide bonds. The number of rotatable bonds is 5. The van der Waals surface area contributed by atoms with E-state index in [4.69, 9.17) is 4.74 Å². The number of methoxy groups -OCH3 is 1. The first kappa shape index (κ1) is 13.2. The van der Waals surface area contributed by atoms with Crippen LogP contribution in [0.15, 0.2) is 24.3 Å². The summed E-state index contributed by atoms with van der Waals surface area (Å²) >= 11 is 0. The van der Waals surface area contributed by atoms with Crippen molar-refractivity contribution in [1.82, 2.24) is 4.98 Å². The van der Waals surface area contributed by atoms with Crippen LogP contribution in [0.3, 0.4) is 0 Å². The van der Waals surface area contributed by atoms with E-state index in [0.717, 1.165) is 5.75 Å². The number of hydrogen-bond donors (Lipinski definition) is 1. The van der Waals surface area contributed by atoms with E-state index >= 15 is 0 Å². The van der Waals surface area contributed by atoms with Crippen LogP contribution in [0.25, 0.3) is 10.9 Å². The number of aromatic nitrogens is 1. The van der Waals surface area contributed by atoms with Crippen LogP contribution in [0.5, 0.6) is 5.75 Å². The highest BCUT2D eigenvalue weighted by Gasteiger charge is 2.30. The molecule has 0 aliphatic carbocycles. The van der Waals surface area contributed by atoms with Gasteiger partial charge in [-0.1, -0.05) is 38.9 Å². The quantitative estimate of drug-likeness (QED) is 0.812. The first-order chi connectivity index (χ1) is 8.69. The molecule has 1 heterocycles. The minimum Gasteiger partial charge on any atom is -0.497 e. The van der Waals surface area contributed by atoms with Crippen LogP contribution in [0.2, 0.25) is 18.1 Å². The fourth-order valence-electron chi connectivity index (χ4n) is 2.84. The minimum atomic E-state index is -1.30. The third-order valence-corrected chi connectivity index (χ3v) is 9.90. The van der Waals surface area contributed by atoms with Crippen molar-refractivity contribution in [1.29, 1.82) is 0 Å². The number of H-pyrrole nitrogens is 1. The average Bonchev–Trinajstić information content (AvgIpc) is 2.84. The average molecular weight is 261 g/mol. The van der Waals surface area contributed by atoms with E-state index in [2.05, 4.69) is 44.0 Å². The zero-order chi connectivity index (χ0) is 13.2. The van der Waals surface area contributed by atoms with Crippen molar-refractivity contribution in [2.24, 2.45) is 0 Å². The van der Waals surface area contributed by atoms with Gasteiger partial charge in [0.15, 0.2) is 0 Å². The standard InChI is InChI=1S/C15H23NOSi/c1-5-18(6-2,7-3)15-11-12-10-13(17-4)8-9-14(12)16-15/h8-11,16H,5-7H2,1-4H3. The maximum absolute atomic E-state index is 5.29. The van der Waals surface area contributed by atoms with E-state index in [1.807, 2.05) is 6.07 Å². The van der Waals surface area contributed by atoms with Crippen LogP contribution < -0.4 is 10.1 Å². The van der Waals surface area contributed by atoms with Crippen LogP contribution in [-0.4, -0.2) is 20.2 Å². The minimum absolute atomic E-state index is 0.935. The number of aromatic amines is 1. The molecule has 1 N–H and O–H groups in total. The summed E-state index contributed by atoms with van der Waals surface area (Å²) in [5.74, 6) is 0.935. The maximum Gasteiger partial charge on any atom is 0.119 e. The van der Waals surface area contributed by atoms with Gasteiger partial charge in [-0.15, -0.1) is 0 Å². The van der Waals surface area contributed by atoms with Gasteiger partial charge in [-0.25, -0.2) is 0 Å². The van der Waals surface area contributed by atoms with Gasteiger partial charge in [-0.2, -0.15) is 0 Å². The second kappa shape index (κ2) is 5.18. The lowest BCUT2D eigenvalue weighted by Gasteiger charge is -2.26. The summed E-state index contributed by atoms with van der Waals surface area (Å²) in [7, 11) is 0.420. The summed E-state index contributed by atoms with van der Waals surface area (Å²) in [5.41, 5.74) is 1.23. The summed E-state index contributed by atoms with van der Waals surface area (Å²) in [6, 6.07) is 12.5. The summed E-state index contributed by atoms with van der Waals surface area (Å²) in [6.07, 6.45) is 0. The molecule has 0 radical (unpaired) electrons. The first-order valence-electron chi connectivity index (χ1n) is 6.86. The zero-order valence-electron chi connectivity index (χ0n) is 11.8. The summed E-state index contributed by atoms with van der Waals surface area (Å²) in [4.78, 5) is 3.65. The van der Waals surface area contributed by atoms with E-state index in [1.165, 1.54) is 34.4 Å². The van der Waals surface area contributed by atoms with Crippen LogP contribution in [-0.2, 0) is 0 Å². The van der Waals surface area contributed by atoms with Crippen LogP contribution in [0, 0.1) is 0 Å². The lowest BCUT2D eigenvalue weighted by molar-refractivity contribution is 0.415. The van der Waals surface area contributed by atoms with E-state index < -0.39 is 8.07 Å². The molecule has 0 saturated carbocycles. The first-order valence-corrected chi connectivity index (χ1v) is 9.48. The molecule has 0 unspecified atom stereocenters. The van der Waals surface area contributed by atoms with Crippen LogP contribution in [0.4, 0.5) is 0 Å². The van der Waals surface area contributed by atoms with Gasteiger partial charge in [0.2, 0.25) is 0 Å². The molecule has 0 atom stereocenters. The predicted molar refractivity (Wildman–Crippen MR) is 81.7 cm³/mol. The molecule has 2 aromatic rings. The molecule has 0 bridgehead atoms. The van der Waals surface area contributed by atoms with Crippen LogP contribution >= 0.6 is 0 Å². The van der Waals surface area contributed by atoms with E-state index in [1.54, 1.807) is 7.11 Å². The van der Waals surface area contributed by atoms with Gasteiger partial charge in [0.25, 0.3) is 0 Å². The molecule has 3 heteroatoms. The van der Waals surface area contributed by atoms with Gasteiger partial charge < -0.3 is 9.72 Å². The fourth-order valence-corrected chi connectivity index (χ4v) is 6.35. The number of hydrogen-bond acceptors (Lipinski definition) is 1. The largest absolute Gasteiger partial charge is 0.497 e. The number of nitrogens with one attached hydrogen (secondary N) is 1. The molecule has 0 aliphatic heterocycles. The maximum atomic E-state index is 5.29. The highest BCUT2D eigenvalue weighted by Crippen LogP contribution is 2.24. The van der Waals surface area contributed by atoms with Crippen molar-refractivity contribution in [3.63, 3.8) is 0 Å². The smallest absolute Gasteiger partial charge is 0.119 e. The molecule has 0 aliphatic rings. The van der Waals surface area contributed by atoms with Crippen molar-refractivity contribution in [3.8, 4) is 5.75 Å². The third kappa shape index (κ3) is 2.07. The molecule has 0 saturated heterocycles. The molecule has 1 aromatic carbocycles. The van der Waals surface area contributed by atoms with E-state index in [9.17, 15) is 0 Å². The molecule has 18 heavy (non-hydrogen) atoms. The van der Waals surface area contributed by atoms with E-state index in [0.29, 0.717) is 0 Å². The highest BCUT2D eigenvalue weighted by atomic mass is 28.3. The Morgan fingerprint density at radius 3 is 2.28 bits per heavy atom. The van der Waals surface area contributed by atoms with Crippen molar-refractivity contribution >= 4 is 24.3 Å². The topological polar surface area (TPSA) is 25.0 Å². The molecule has 0 spiro atoms. The van der Waals surface area contributed by atoms with Gasteiger partial charge in [0.1, 0.15) is 13.8 Å². The second-order valence-electron chi connectivity index (χ2n) is 4.98. The third-order valence-electron chi connectivity index (χ3n) is 4.43. The van der Waals surface area contributed by atoms with Crippen molar-refractivity contribution < 1.29 is 4.74 Å². The normalized spacial score (nSPS) is 12.0. The Hall–Kier alpha value is -1.22. The molecule has 2 rings (SSSR count). The highest BCUT2D eigenvalue weighted by molar-refractivity contribution is 6.91. The van der Waals surface area contributed by atoms with Crippen molar-refractivity contribution in [2.45, 2.75) is 38.9 Å². The summed E-state index contributed by atoms with van der Waals surface area (Å²) < 4.78 is 5.29. The van der Waals surface area contributed by atoms with Crippen molar-refractivity contribution in [2.75, 3.05) is 7.11 Å². The lowest BCUT2D eigenvalue weighted by atomic mass is 10.2. The van der Waals surface area contributed by atoms with Gasteiger partial charge >= 0.3 is 0 Å². The molecular formula is C15H23NOSi. The van der Waals surface area contributed by atoms with Gasteiger partial charge in [0, 0.05) is 10.9 Å². The predicted octanol–water partition coefficient (Wildman–Crippen LogP) is 3.89. The lowest BCUT2D eigenvalue weighted by Crippen LogP contribution is -2.46. The number of benzene rings is 1. The second-order valence-corrected chi connectivity index (χ2v) is 10.2. The molecule has 1 aromatic heterocycles. The SMILES string of the molecule is CC[Si](CC)(CC)c1cc2cc(OC)ccc2[nH]1. The molecule has 0 fully saturated rings. The Kier molecular flexibility index (Phi) is 3.81. The van der Waals surface area contributed by atoms with Gasteiger partial charge in [0.05, 0.1) is 7.11 Å². The zero-order valence-corrected chi connectivity index (χ0v) is 12.8. The van der Waals surface area contributed by atoms with Gasteiger partial charge in [-0.3, -0.25) is 0 Å². The number of ether oxygens (including phenoxy) is 1. The summed E-state index contributed by atoms with van der Waals surface area (Å²) in [5, 5.41) is 2.77. The number of fused-ring (bicyclic) bond motifs is 1. The fraction of sp³-hybridized carbons (Fsp3) is 0.467. The summed E-state index contributed by atoms with van der Waals surface area (Å²) in [6.45, 7) is 7.02. The Bertz CT molecular complexity index is 520. The molecule has 98 valence electrons. The van der Waals surface area contributed by atoms with Gasteiger partial charge in [-0.05, 0) is 29.6 Å². The Balaban J connectivity index is 2.52. The Labute approximate surface area is 110 Å². The Morgan fingerprint density at radius 1 is 1.06 bits per heavy atom. The molecule has 2 nitrogen and oxygen atoms in total. The van der Waals surface area contributed by atoms with Crippen LogP contribution in [0.1, 0.15) is 20.8 Å². The van der Waals surface area contributed by atoms with Crippen molar-refractivity contribution in [3.05, 3.63) is 24.3 Å². The Morgan fingerprint density at radius 2 is 1.72 bits per heavy atom. The monoisotopic (exact) mass is 261 g/mol.